The number of hydrogen-bond acceptors (Lipinski definition) is 3. The van der Waals surface area contributed by atoms with Gasteiger partial charge in [0, 0.05) is 18.4 Å². The molecule has 4 heteroatoms. The third-order valence-electron chi connectivity index (χ3n) is 3.99. The van der Waals surface area contributed by atoms with Gasteiger partial charge in [0.05, 0.1) is 11.0 Å². The summed E-state index contributed by atoms with van der Waals surface area (Å²) in [6, 6.07) is 8.19. The molecule has 0 fully saturated rings. The van der Waals surface area contributed by atoms with Crippen molar-refractivity contribution >= 4 is 27.8 Å². The number of unbranched alkanes of at least 4 members (excludes halogenated alkanes) is 1. The molecule has 1 aromatic carbocycles. The summed E-state index contributed by atoms with van der Waals surface area (Å²) in [7, 11) is 0. The number of benzene rings is 1. The lowest BCUT2D eigenvalue weighted by molar-refractivity contribution is 0.513. The molecule has 0 aliphatic rings. The Morgan fingerprint density at radius 3 is 2.68 bits per heavy atom. The zero-order valence-electron chi connectivity index (χ0n) is 13.6. The van der Waals surface area contributed by atoms with Crippen molar-refractivity contribution in [2.45, 2.75) is 46.6 Å². The zero-order valence-corrected chi connectivity index (χ0v) is 13.6. The van der Waals surface area contributed by atoms with E-state index in [1.165, 1.54) is 6.42 Å². The Hall–Kier alpha value is -2.10. The number of aryl methyl sites for hydroxylation is 1. The van der Waals surface area contributed by atoms with Gasteiger partial charge in [-0.1, -0.05) is 45.4 Å². The number of nitrogen functional groups attached to an aromatic ring is 1. The first-order valence-corrected chi connectivity index (χ1v) is 8.15. The van der Waals surface area contributed by atoms with E-state index in [-0.39, 0.29) is 0 Å². The Labute approximate surface area is 131 Å². The second-order valence-electron chi connectivity index (χ2n) is 6.35. The van der Waals surface area contributed by atoms with Crippen LogP contribution in [0.1, 0.15) is 39.4 Å². The highest BCUT2D eigenvalue weighted by Gasteiger charge is 2.17. The van der Waals surface area contributed by atoms with E-state index in [1.54, 1.807) is 0 Å². The van der Waals surface area contributed by atoms with Crippen LogP contribution in [0.3, 0.4) is 0 Å². The number of aromatic nitrogens is 3. The third-order valence-corrected chi connectivity index (χ3v) is 3.99. The number of fused-ring (bicyclic) bond motifs is 3. The summed E-state index contributed by atoms with van der Waals surface area (Å²) in [6.45, 7) is 7.65. The smallest absolute Gasteiger partial charge is 0.152 e. The first-order chi connectivity index (χ1) is 10.6. The van der Waals surface area contributed by atoms with Gasteiger partial charge in [0.25, 0.3) is 0 Å². The van der Waals surface area contributed by atoms with Crippen molar-refractivity contribution in [3.63, 3.8) is 0 Å². The zero-order chi connectivity index (χ0) is 15.7. The normalized spacial score (nSPS) is 11.8. The van der Waals surface area contributed by atoms with Gasteiger partial charge >= 0.3 is 0 Å². The molecule has 0 saturated carbocycles. The summed E-state index contributed by atoms with van der Waals surface area (Å²) in [6.07, 6.45) is 3.30. The molecule has 0 amide bonds. The molecular formula is C18H24N4. The number of pyridine rings is 1. The summed E-state index contributed by atoms with van der Waals surface area (Å²) >= 11 is 0. The number of nitrogens with zero attached hydrogens (tertiary/aromatic N) is 3. The van der Waals surface area contributed by atoms with Crippen LogP contribution in [-0.2, 0) is 13.0 Å². The van der Waals surface area contributed by atoms with Crippen LogP contribution in [0.25, 0.3) is 21.9 Å². The van der Waals surface area contributed by atoms with Gasteiger partial charge in [-0.05, 0) is 18.4 Å². The Balaban J connectivity index is 2.32. The average Bonchev–Trinajstić information content (AvgIpc) is 2.84. The first-order valence-electron chi connectivity index (χ1n) is 8.15. The molecule has 116 valence electrons. The number of anilines is 1. The molecule has 0 unspecified atom stereocenters. The summed E-state index contributed by atoms with van der Waals surface area (Å²) in [5.74, 6) is 2.23. The lowest BCUT2D eigenvalue weighted by Gasteiger charge is -2.13. The van der Waals surface area contributed by atoms with Crippen LogP contribution in [0, 0.1) is 5.92 Å². The van der Waals surface area contributed by atoms with E-state index in [2.05, 4.69) is 42.5 Å². The average molecular weight is 296 g/mol. The van der Waals surface area contributed by atoms with E-state index in [9.17, 15) is 0 Å². The second kappa shape index (κ2) is 5.95. The van der Waals surface area contributed by atoms with Crippen LogP contribution in [0.2, 0.25) is 0 Å². The van der Waals surface area contributed by atoms with Crippen molar-refractivity contribution in [2.24, 2.45) is 5.92 Å². The van der Waals surface area contributed by atoms with Crippen molar-refractivity contribution < 1.29 is 0 Å². The van der Waals surface area contributed by atoms with E-state index < -0.39 is 0 Å². The standard InChI is InChI=1S/C18H24N4/c1-4-5-10-15-21-16-17(22(15)11-12(2)3)13-8-6-7-9-14(13)20-18(16)19/h6-9,12H,4-5,10-11H2,1-3H3,(H2,19,20). The number of nitrogens with two attached hydrogens (primary N) is 1. The van der Waals surface area contributed by atoms with E-state index in [0.717, 1.165) is 47.1 Å². The molecule has 0 saturated heterocycles. The molecule has 3 rings (SSSR count). The van der Waals surface area contributed by atoms with E-state index in [1.807, 2.05) is 12.1 Å². The molecule has 2 N–H and O–H groups in total. The van der Waals surface area contributed by atoms with Gasteiger partial charge in [0.2, 0.25) is 0 Å². The van der Waals surface area contributed by atoms with Crippen LogP contribution in [0.15, 0.2) is 24.3 Å². The first kappa shape index (κ1) is 14.8. The van der Waals surface area contributed by atoms with Gasteiger partial charge in [-0.2, -0.15) is 0 Å². The van der Waals surface area contributed by atoms with Gasteiger partial charge < -0.3 is 10.3 Å². The molecule has 0 spiro atoms. The highest BCUT2D eigenvalue weighted by atomic mass is 15.1. The Kier molecular flexibility index (Phi) is 4.01. The number of imidazole rings is 1. The molecule has 4 nitrogen and oxygen atoms in total. The highest BCUT2D eigenvalue weighted by Crippen LogP contribution is 2.29. The largest absolute Gasteiger partial charge is 0.382 e. The predicted molar refractivity (Wildman–Crippen MR) is 92.9 cm³/mol. The molecule has 0 aliphatic carbocycles. The fourth-order valence-electron chi connectivity index (χ4n) is 2.99. The number of rotatable bonds is 5. The maximum atomic E-state index is 6.18. The van der Waals surface area contributed by atoms with Gasteiger partial charge in [0.1, 0.15) is 11.3 Å². The molecule has 2 aromatic heterocycles. The third kappa shape index (κ3) is 2.54. The molecule has 22 heavy (non-hydrogen) atoms. The summed E-state index contributed by atoms with van der Waals surface area (Å²) in [4.78, 5) is 9.35. The lowest BCUT2D eigenvalue weighted by atomic mass is 10.1. The highest BCUT2D eigenvalue weighted by molar-refractivity contribution is 6.06. The molecule has 0 bridgehead atoms. The minimum atomic E-state index is 0.536. The van der Waals surface area contributed by atoms with Crippen LogP contribution in [-0.4, -0.2) is 14.5 Å². The van der Waals surface area contributed by atoms with Crippen molar-refractivity contribution in [3.8, 4) is 0 Å². The van der Waals surface area contributed by atoms with Gasteiger partial charge in [0.15, 0.2) is 5.82 Å². The molecular weight excluding hydrogens is 272 g/mol. The quantitative estimate of drug-likeness (QED) is 0.769. The minimum Gasteiger partial charge on any atom is -0.382 e. The minimum absolute atomic E-state index is 0.536. The molecule has 0 atom stereocenters. The fraction of sp³-hybridized carbons (Fsp3) is 0.444. The lowest BCUT2D eigenvalue weighted by Crippen LogP contribution is -2.09. The Morgan fingerprint density at radius 1 is 1.18 bits per heavy atom. The van der Waals surface area contributed by atoms with E-state index >= 15 is 0 Å². The fourth-order valence-corrected chi connectivity index (χ4v) is 2.99. The molecule has 0 radical (unpaired) electrons. The maximum Gasteiger partial charge on any atom is 0.152 e. The van der Waals surface area contributed by atoms with Crippen LogP contribution >= 0.6 is 0 Å². The summed E-state index contributed by atoms with van der Waals surface area (Å²) < 4.78 is 2.36. The number of para-hydroxylation sites is 1. The summed E-state index contributed by atoms with van der Waals surface area (Å²) in [5, 5.41) is 1.14. The van der Waals surface area contributed by atoms with Crippen molar-refractivity contribution in [2.75, 3.05) is 5.73 Å². The van der Waals surface area contributed by atoms with Gasteiger partial charge in [-0.3, -0.25) is 0 Å². The maximum absolute atomic E-state index is 6.18. The van der Waals surface area contributed by atoms with E-state index in [0.29, 0.717) is 11.7 Å². The Morgan fingerprint density at radius 2 is 1.95 bits per heavy atom. The number of hydrogen-bond donors (Lipinski definition) is 1. The SMILES string of the molecule is CCCCc1nc2c(N)nc3ccccc3c2n1CC(C)C. The predicted octanol–water partition coefficient (Wildman–Crippen LogP) is 4.17. The van der Waals surface area contributed by atoms with Gasteiger partial charge in [-0.25, -0.2) is 9.97 Å². The van der Waals surface area contributed by atoms with Crippen LogP contribution < -0.4 is 5.73 Å². The summed E-state index contributed by atoms with van der Waals surface area (Å²) in [5.41, 5.74) is 9.11. The van der Waals surface area contributed by atoms with Crippen molar-refractivity contribution in [1.29, 1.82) is 0 Å². The van der Waals surface area contributed by atoms with Crippen LogP contribution in [0.4, 0.5) is 5.82 Å². The van der Waals surface area contributed by atoms with Crippen molar-refractivity contribution in [1.82, 2.24) is 14.5 Å². The van der Waals surface area contributed by atoms with Crippen LogP contribution in [0.5, 0.6) is 0 Å². The Bertz CT molecular complexity index is 802. The topological polar surface area (TPSA) is 56.7 Å². The second-order valence-corrected chi connectivity index (χ2v) is 6.35. The van der Waals surface area contributed by atoms with Gasteiger partial charge in [-0.15, -0.1) is 0 Å². The van der Waals surface area contributed by atoms with E-state index in [4.69, 9.17) is 10.7 Å². The molecule has 0 aliphatic heterocycles. The molecule has 2 heterocycles. The van der Waals surface area contributed by atoms with Crippen molar-refractivity contribution in [3.05, 3.63) is 30.1 Å². The monoisotopic (exact) mass is 296 g/mol. The molecule has 3 aromatic rings.